The van der Waals surface area contributed by atoms with Crippen molar-refractivity contribution in [2.45, 2.75) is 18.8 Å². The number of hydrogen-bond acceptors (Lipinski definition) is 5. The Kier molecular flexibility index (Phi) is 3.03. The van der Waals surface area contributed by atoms with Gasteiger partial charge in [0.25, 0.3) is 5.78 Å². The summed E-state index contributed by atoms with van der Waals surface area (Å²) in [4.78, 5) is 21.7. The van der Waals surface area contributed by atoms with Crippen LogP contribution in [0, 0.1) is 0 Å². The van der Waals surface area contributed by atoms with Gasteiger partial charge in [0, 0.05) is 30.5 Å². The Morgan fingerprint density at radius 1 is 1.04 bits per heavy atom. The predicted molar refractivity (Wildman–Crippen MR) is 90.3 cm³/mol. The second kappa shape index (κ2) is 5.37. The van der Waals surface area contributed by atoms with Crippen LogP contribution >= 0.6 is 0 Å². The van der Waals surface area contributed by atoms with Crippen LogP contribution in [-0.2, 0) is 6.42 Å². The lowest BCUT2D eigenvalue weighted by Gasteiger charge is -2.20. The average molecular weight is 330 g/mol. The van der Waals surface area contributed by atoms with Gasteiger partial charge in [-0.25, -0.2) is 9.50 Å². The van der Waals surface area contributed by atoms with Gasteiger partial charge in [-0.15, -0.1) is 5.10 Å². The molecule has 0 aliphatic heterocycles. The number of Topliss-reactive ketones (excluding diaryl/α,β-unsaturated/α-hetero) is 1. The molecule has 3 heterocycles. The molecule has 1 aliphatic rings. The Balaban J connectivity index is 1.59. The van der Waals surface area contributed by atoms with Crippen LogP contribution in [0.2, 0.25) is 0 Å². The molecule has 0 bridgehead atoms. The summed E-state index contributed by atoms with van der Waals surface area (Å²) in [6.07, 6.45) is 4.47. The van der Waals surface area contributed by atoms with Crippen LogP contribution in [0.25, 0.3) is 17.2 Å². The van der Waals surface area contributed by atoms with E-state index in [-0.39, 0.29) is 11.7 Å². The molecule has 0 saturated heterocycles. The largest absolute Gasteiger partial charge is 0.469 e. The zero-order valence-electron chi connectivity index (χ0n) is 13.3. The van der Waals surface area contributed by atoms with E-state index in [1.54, 1.807) is 17.0 Å². The molecular weight excluding hydrogens is 316 g/mol. The van der Waals surface area contributed by atoms with E-state index in [0.717, 1.165) is 17.0 Å². The van der Waals surface area contributed by atoms with Crippen LogP contribution < -0.4 is 0 Å². The Labute approximate surface area is 143 Å². The molecule has 0 N–H and O–H groups in total. The van der Waals surface area contributed by atoms with Crippen LogP contribution in [0.1, 0.15) is 34.2 Å². The molecule has 0 saturated carbocycles. The highest BCUT2D eigenvalue weighted by atomic mass is 16.3. The van der Waals surface area contributed by atoms with Crippen LogP contribution in [0.3, 0.4) is 0 Å². The van der Waals surface area contributed by atoms with Crippen LogP contribution in [0.15, 0.2) is 59.3 Å². The molecular formula is C19H14N4O2. The molecule has 6 nitrogen and oxygen atoms in total. The quantitative estimate of drug-likeness (QED) is 0.564. The van der Waals surface area contributed by atoms with E-state index in [9.17, 15) is 4.79 Å². The minimum absolute atomic E-state index is 0.0291. The number of nitrogens with zero attached hydrogens (tertiary/aromatic N) is 4. The van der Waals surface area contributed by atoms with Crippen molar-refractivity contribution >= 4 is 11.6 Å². The van der Waals surface area contributed by atoms with Gasteiger partial charge < -0.3 is 4.42 Å². The summed E-state index contributed by atoms with van der Waals surface area (Å²) in [6.45, 7) is 0. The number of carbonyl (C=O) groups is 1. The summed E-state index contributed by atoms with van der Waals surface area (Å²) in [7, 11) is 0. The van der Waals surface area contributed by atoms with E-state index in [4.69, 9.17) is 4.42 Å². The topological polar surface area (TPSA) is 73.3 Å². The van der Waals surface area contributed by atoms with Crippen molar-refractivity contribution in [1.29, 1.82) is 0 Å². The lowest BCUT2D eigenvalue weighted by Crippen LogP contribution is -2.21. The number of ketones is 1. The Hall–Kier alpha value is -3.28. The van der Waals surface area contributed by atoms with Crippen LogP contribution in [0.4, 0.5) is 0 Å². The molecule has 6 heteroatoms. The molecule has 0 amide bonds. The van der Waals surface area contributed by atoms with E-state index in [2.05, 4.69) is 15.1 Å². The molecule has 0 spiro atoms. The fraction of sp³-hybridized carbons (Fsp3) is 0.158. The number of carbonyl (C=O) groups excluding carboxylic acids is 1. The van der Waals surface area contributed by atoms with E-state index >= 15 is 0 Å². The number of rotatable bonds is 2. The van der Waals surface area contributed by atoms with Gasteiger partial charge >= 0.3 is 0 Å². The summed E-state index contributed by atoms with van der Waals surface area (Å²) in [5, 5.41) is 4.47. The Bertz CT molecular complexity index is 1070. The molecule has 1 aromatic carbocycles. The van der Waals surface area contributed by atoms with E-state index < -0.39 is 0 Å². The van der Waals surface area contributed by atoms with Gasteiger partial charge in [0.05, 0.1) is 17.5 Å². The van der Waals surface area contributed by atoms with Gasteiger partial charge in [0.1, 0.15) is 5.76 Å². The van der Waals surface area contributed by atoms with Gasteiger partial charge in [0.2, 0.25) is 0 Å². The van der Waals surface area contributed by atoms with E-state index in [1.165, 1.54) is 0 Å². The third-order valence-electron chi connectivity index (χ3n) is 4.56. The highest BCUT2D eigenvalue weighted by Gasteiger charge is 2.30. The lowest BCUT2D eigenvalue weighted by molar-refractivity contribution is 0.0958. The molecule has 0 fully saturated rings. The zero-order chi connectivity index (χ0) is 16.8. The van der Waals surface area contributed by atoms with Crippen LogP contribution in [-0.4, -0.2) is 25.4 Å². The van der Waals surface area contributed by atoms with Crippen molar-refractivity contribution in [3.63, 3.8) is 0 Å². The van der Waals surface area contributed by atoms with Crippen molar-refractivity contribution in [3.05, 3.63) is 71.9 Å². The molecule has 0 radical (unpaired) electrons. The third kappa shape index (κ3) is 2.34. The zero-order valence-corrected chi connectivity index (χ0v) is 13.3. The maximum absolute atomic E-state index is 12.6. The SMILES string of the molecule is O=C1C[C@@H](c2ccco2)Cc2nc3nc(-c4ccccc4)nn3cc21. The fourth-order valence-electron chi connectivity index (χ4n) is 3.32. The van der Waals surface area contributed by atoms with E-state index in [1.807, 2.05) is 42.5 Å². The fourth-order valence-corrected chi connectivity index (χ4v) is 3.32. The molecule has 1 atom stereocenters. The second-order valence-electron chi connectivity index (χ2n) is 6.19. The summed E-state index contributed by atoms with van der Waals surface area (Å²) in [5.74, 6) is 2.03. The molecule has 25 heavy (non-hydrogen) atoms. The molecule has 122 valence electrons. The normalized spacial score (nSPS) is 17.0. The monoisotopic (exact) mass is 330 g/mol. The first-order chi connectivity index (χ1) is 12.3. The highest BCUT2D eigenvalue weighted by molar-refractivity contribution is 5.98. The summed E-state index contributed by atoms with van der Waals surface area (Å²) in [6, 6.07) is 13.5. The van der Waals surface area contributed by atoms with Gasteiger partial charge in [-0.3, -0.25) is 4.79 Å². The molecule has 1 aliphatic carbocycles. The van der Waals surface area contributed by atoms with E-state index in [0.29, 0.717) is 30.0 Å². The maximum Gasteiger partial charge on any atom is 0.252 e. The number of hydrogen-bond donors (Lipinski definition) is 0. The number of benzene rings is 1. The predicted octanol–water partition coefficient (Wildman–Crippen LogP) is 3.30. The van der Waals surface area contributed by atoms with Crippen molar-refractivity contribution < 1.29 is 9.21 Å². The van der Waals surface area contributed by atoms with Crippen molar-refractivity contribution in [1.82, 2.24) is 19.6 Å². The van der Waals surface area contributed by atoms with Gasteiger partial charge in [-0.2, -0.15) is 4.98 Å². The van der Waals surface area contributed by atoms with Crippen molar-refractivity contribution in [2.24, 2.45) is 0 Å². The number of aromatic nitrogens is 4. The summed E-state index contributed by atoms with van der Waals surface area (Å²) < 4.78 is 7.06. The average Bonchev–Trinajstić information content (AvgIpc) is 3.30. The minimum Gasteiger partial charge on any atom is -0.469 e. The van der Waals surface area contributed by atoms with Crippen molar-refractivity contribution in [2.75, 3.05) is 0 Å². The summed E-state index contributed by atoms with van der Waals surface area (Å²) >= 11 is 0. The highest BCUT2D eigenvalue weighted by Crippen LogP contribution is 2.32. The maximum atomic E-state index is 12.6. The Morgan fingerprint density at radius 3 is 2.72 bits per heavy atom. The minimum atomic E-state index is 0.0291. The molecule has 0 unspecified atom stereocenters. The van der Waals surface area contributed by atoms with Crippen molar-refractivity contribution in [3.8, 4) is 11.4 Å². The molecule has 4 aromatic rings. The number of furan rings is 1. The second-order valence-corrected chi connectivity index (χ2v) is 6.19. The van der Waals surface area contributed by atoms with Gasteiger partial charge in [-0.05, 0) is 12.1 Å². The molecule has 3 aromatic heterocycles. The van der Waals surface area contributed by atoms with Gasteiger partial charge in [0.15, 0.2) is 11.6 Å². The van der Waals surface area contributed by atoms with Crippen LogP contribution in [0.5, 0.6) is 0 Å². The third-order valence-corrected chi connectivity index (χ3v) is 4.56. The first-order valence-electron chi connectivity index (χ1n) is 8.16. The summed E-state index contributed by atoms with van der Waals surface area (Å²) in [5.41, 5.74) is 2.31. The Morgan fingerprint density at radius 2 is 1.92 bits per heavy atom. The number of fused-ring (bicyclic) bond motifs is 2. The standard InChI is InChI=1S/C19H14N4O2/c24-16-10-13(17-7-4-8-25-17)9-15-14(16)11-23-19(20-15)21-18(22-23)12-5-2-1-3-6-12/h1-8,11,13H,9-10H2/t13-/m0/s1. The van der Waals surface area contributed by atoms with Gasteiger partial charge in [-0.1, -0.05) is 30.3 Å². The lowest BCUT2D eigenvalue weighted by atomic mass is 9.85. The molecule has 5 rings (SSSR count). The smallest absolute Gasteiger partial charge is 0.252 e. The first-order valence-corrected chi connectivity index (χ1v) is 8.16. The first kappa shape index (κ1) is 14.1.